The predicted octanol–water partition coefficient (Wildman–Crippen LogP) is 5.06. The number of carbonyl (C=O) groups excluding carboxylic acids is 1. The molecule has 0 aliphatic heterocycles. The number of carbonyl (C=O) groups is 1. The van der Waals surface area contributed by atoms with Crippen LogP contribution in [0.1, 0.15) is 15.2 Å². The van der Waals surface area contributed by atoms with Crippen LogP contribution in [0.4, 0.5) is 14.5 Å². The van der Waals surface area contributed by atoms with Crippen molar-refractivity contribution < 1.29 is 18.3 Å². The summed E-state index contributed by atoms with van der Waals surface area (Å²) in [4.78, 5) is 13.1. The number of hydrogen-bond acceptors (Lipinski definition) is 3. The van der Waals surface area contributed by atoms with Gasteiger partial charge in [0.25, 0.3) is 5.91 Å². The Morgan fingerprint density at radius 1 is 1.13 bits per heavy atom. The summed E-state index contributed by atoms with van der Waals surface area (Å²) in [6, 6.07) is 13.8. The second-order valence-electron chi connectivity index (χ2n) is 4.88. The smallest absolute Gasteiger partial charge is 0.387 e. The first-order valence-electron chi connectivity index (χ1n) is 6.89. The van der Waals surface area contributed by atoms with E-state index in [1.54, 1.807) is 12.1 Å². The lowest BCUT2D eigenvalue weighted by Crippen LogP contribution is -2.13. The van der Waals surface area contributed by atoms with Gasteiger partial charge in [0.15, 0.2) is 0 Å². The van der Waals surface area contributed by atoms with Gasteiger partial charge in [-0.1, -0.05) is 30.3 Å². The lowest BCUT2D eigenvalue weighted by molar-refractivity contribution is -0.0493. The molecule has 0 spiro atoms. The Labute approximate surface area is 135 Å². The monoisotopic (exact) mass is 333 g/mol. The molecule has 2 aromatic carbocycles. The zero-order valence-corrected chi connectivity index (χ0v) is 13.0. The van der Waals surface area contributed by atoms with E-state index in [2.05, 4.69) is 10.1 Å². The van der Waals surface area contributed by atoms with Gasteiger partial charge < -0.3 is 10.1 Å². The van der Waals surface area contributed by atoms with Gasteiger partial charge in [-0.05, 0) is 36.1 Å². The zero-order chi connectivity index (χ0) is 16.4. The highest BCUT2D eigenvalue weighted by Gasteiger charge is 2.17. The quantitative estimate of drug-likeness (QED) is 0.724. The molecule has 0 saturated heterocycles. The summed E-state index contributed by atoms with van der Waals surface area (Å²) >= 11 is 1.37. The van der Waals surface area contributed by atoms with Gasteiger partial charge in [0.05, 0.1) is 10.6 Å². The van der Waals surface area contributed by atoms with Gasteiger partial charge in [0.1, 0.15) is 5.75 Å². The molecule has 3 rings (SSSR count). The number of anilines is 1. The van der Waals surface area contributed by atoms with Crippen molar-refractivity contribution in [3.63, 3.8) is 0 Å². The Morgan fingerprint density at radius 2 is 1.83 bits per heavy atom. The van der Waals surface area contributed by atoms with E-state index in [0.29, 0.717) is 4.88 Å². The Balaban J connectivity index is 1.91. The number of amides is 1. The van der Waals surface area contributed by atoms with E-state index >= 15 is 0 Å². The summed E-state index contributed by atoms with van der Waals surface area (Å²) in [7, 11) is 0. The summed E-state index contributed by atoms with van der Waals surface area (Å²) in [5.74, 6) is -0.399. The van der Waals surface area contributed by atoms with E-state index in [0.717, 1.165) is 15.6 Å². The van der Waals surface area contributed by atoms with Gasteiger partial charge in [-0.2, -0.15) is 8.78 Å². The van der Waals surface area contributed by atoms with Crippen LogP contribution in [0.5, 0.6) is 5.75 Å². The Kier molecular flexibility index (Phi) is 4.25. The summed E-state index contributed by atoms with van der Waals surface area (Å²) in [5, 5.41) is 3.66. The molecule has 0 fully saturated rings. The molecule has 3 nitrogen and oxygen atoms in total. The molecule has 1 aromatic heterocycles. The minimum Gasteiger partial charge on any atom is -0.433 e. The molecule has 6 heteroatoms. The number of benzene rings is 2. The first-order valence-corrected chi connectivity index (χ1v) is 7.71. The number of aryl methyl sites for hydroxylation is 1. The van der Waals surface area contributed by atoms with Crippen LogP contribution in [-0.4, -0.2) is 12.5 Å². The molecule has 3 aromatic rings. The zero-order valence-electron chi connectivity index (χ0n) is 12.2. The molecule has 1 N–H and O–H groups in total. The van der Waals surface area contributed by atoms with Crippen LogP contribution in [0, 0.1) is 6.92 Å². The van der Waals surface area contributed by atoms with Crippen LogP contribution in [-0.2, 0) is 0 Å². The average Bonchev–Trinajstić information content (AvgIpc) is 2.86. The highest BCUT2D eigenvalue weighted by Crippen LogP contribution is 2.32. The van der Waals surface area contributed by atoms with Gasteiger partial charge in [-0.3, -0.25) is 4.79 Å². The number of ether oxygens (including phenoxy) is 1. The molecular weight excluding hydrogens is 320 g/mol. The first kappa shape index (κ1) is 15.4. The third-order valence-corrected chi connectivity index (χ3v) is 4.67. The number of fused-ring (bicyclic) bond motifs is 1. The Morgan fingerprint density at radius 3 is 2.57 bits per heavy atom. The van der Waals surface area contributed by atoms with Crippen LogP contribution < -0.4 is 10.1 Å². The number of rotatable bonds is 4. The fourth-order valence-corrected chi connectivity index (χ4v) is 3.44. The fraction of sp³-hybridized carbons (Fsp3) is 0.118. The van der Waals surface area contributed by atoms with Crippen LogP contribution in [0.25, 0.3) is 10.1 Å². The summed E-state index contributed by atoms with van der Waals surface area (Å²) < 4.78 is 30.3. The van der Waals surface area contributed by atoms with E-state index in [-0.39, 0.29) is 17.3 Å². The number of nitrogens with one attached hydrogen (secondary N) is 1. The van der Waals surface area contributed by atoms with Crippen molar-refractivity contribution in [2.24, 2.45) is 0 Å². The molecule has 23 heavy (non-hydrogen) atoms. The lowest BCUT2D eigenvalue weighted by atomic mass is 10.1. The van der Waals surface area contributed by atoms with Crippen molar-refractivity contribution in [1.29, 1.82) is 0 Å². The number of hydrogen-bond donors (Lipinski definition) is 1. The van der Waals surface area contributed by atoms with Crippen molar-refractivity contribution >= 4 is 33.0 Å². The first-order chi connectivity index (χ1) is 11.1. The van der Waals surface area contributed by atoms with E-state index in [4.69, 9.17) is 0 Å². The molecule has 0 aliphatic carbocycles. The van der Waals surface area contributed by atoms with Crippen LogP contribution in [0.3, 0.4) is 0 Å². The van der Waals surface area contributed by atoms with Gasteiger partial charge in [0, 0.05) is 4.70 Å². The Hall–Kier alpha value is -2.47. The molecule has 0 bridgehead atoms. The molecule has 0 atom stereocenters. The van der Waals surface area contributed by atoms with Crippen LogP contribution in [0.15, 0.2) is 48.5 Å². The normalized spacial score (nSPS) is 11.0. The third kappa shape index (κ3) is 3.17. The summed E-state index contributed by atoms with van der Waals surface area (Å²) in [6.07, 6.45) is 0. The van der Waals surface area contributed by atoms with Crippen molar-refractivity contribution in [2.75, 3.05) is 5.32 Å². The van der Waals surface area contributed by atoms with Gasteiger partial charge in [0.2, 0.25) is 0 Å². The fourth-order valence-electron chi connectivity index (χ4n) is 2.34. The number of para-hydroxylation sites is 2. The number of alkyl halides is 2. The highest BCUT2D eigenvalue weighted by molar-refractivity contribution is 7.21. The van der Waals surface area contributed by atoms with Crippen molar-refractivity contribution in [1.82, 2.24) is 0 Å². The largest absolute Gasteiger partial charge is 0.433 e. The van der Waals surface area contributed by atoms with Crippen molar-refractivity contribution in [3.8, 4) is 5.75 Å². The number of thiophene rings is 1. The molecule has 0 radical (unpaired) electrons. The van der Waals surface area contributed by atoms with Crippen LogP contribution >= 0.6 is 11.3 Å². The standard InChI is InChI=1S/C17H13F2NO2S/c1-10-11-6-2-5-9-14(11)23-15(10)16(21)20-12-7-3-4-8-13(12)22-17(18)19/h2-9,17H,1H3,(H,20,21). The molecular formula is C17H13F2NO2S. The summed E-state index contributed by atoms with van der Waals surface area (Å²) in [5.41, 5.74) is 1.09. The van der Waals surface area contributed by atoms with Crippen LogP contribution in [0.2, 0.25) is 0 Å². The SMILES string of the molecule is Cc1c(C(=O)Nc2ccccc2OC(F)F)sc2ccccc12. The molecule has 0 saturated carbocycles. The average molecular weight is 333 g/mol. The van der Waals surface area contributed by atoms with Gasteiger partial charge >= 0.3 is 6.61 Å². The third-order valence-electron chi connectivity index (χ3n) is 3.40. The molecule has 118 valence electrons. The summed E-state index contributed by atoms with van der Waals surface area (Å²) in [6.45, 7) is -1.07. The van der Waals surface area contributed by atoms with E-state index < -0.39 is 6.61 Å². The second kappa shape index (κ2) is 6.34. The Bertz CT molecular complexity index is 861. The minimum atomic E-state index is -2.95. The van der Waals surface area contributed by atoms with Gasteiger partial charge in [-0.15, -0.1) is 11.3 Å². The molecule has 1 heterocycles. The maximum Gasteiger partial charge on any atom is 0.387 e. The minimum absolute atomic E-state index is 0.0605. The predicted molar refractivity (Wildman–Crippen MR) is 87.6 cm³/mol. The molecule has 1 amide bonds. The van der Waals surface area contributed by atoms with Crippen molar-refractivity contribution in [2.45, 2.75) is 13.5 Å². The van der Waals surface area contributed by atoms with E-state index in [9.17, 15) is 13.6 Å². The van der Waals surface area contributed by atoms with E-state index in [1.165, 1.54) is 23.5 Å². The topological polar surface area (TPSA) is 38.3 Å². The lowest BCUT2D eigenvalue weighted by Gasteiger charge is -2.11. The van der Waals surface area contributed by atoms with E-state index in [1.807, 2.05) is 31.2 Å². The molecule has 0 unspecified atom stereocenters. The second-order valence-corrected chi connectivity index (χ2v) is 5.93. The molecule has 0 aliphatic rings. The number of halogens is 2. The maximum absolute atomic E-state index is 12.5. The van der Waals surface area contributed by atoms with Crippen molar-refractivity contribution in [3.05, 3.63) is 59.0 Å². The maximum atomic E-state index is 12.5. The highest BCUT2D eigenvalue weighted by atomic mass is 32.1. The van der Waals surface area contributed by atoms with Gasteiger partial charge in [-0.25, -0.2) is 0 Å².